The van der Waals surface area contributed by atoms with E-state index in [-0.39, 0.29) is 11.8 Å². The number of hydrogen-bond donors (Lipinski definition) is 1. The maximum Gasteiger partial charge on any atom is 0.255 e. The molecule has 2 aromatic carbocycles. The fraction of sp³-hybridized carbons (Fsp3) is 0.227. The van der Waals surface area contributed by atoms with E-state index in [1.807, 2.05) is 61.5 Å². The molecule has 0 spiro atoms. The fourth-order valence-electron chi connectivity index (χ4n) is 3.44. The minimum atomic E-state index is -0.167. The van der Waals surface area contributed by atoms with Crippen LogP contribution in [-0.4, -0.2) is 37.9 Å². The summed E-state index contributed by atoms with van der Waals surface area (Å²) in [6, 6.07) is 15.1. The highest BCUT2D eigenvalue weighted by molar-refractivity contribution is 6.06. The number of amides is 2. The Morgan fingerprint density at radius 2 is 1.89 bits per heavy atom. The van der Waals surface area contributed by atoms with Gasteiger partial charge in [0.1, 0.15) is 5.82 Å². The maximum atomic E-state index is 12.7. The molecule has 2 heterocycles. The van der Waals surface area contributed by atoms with Crippen LogP contribution >= 0.6 is 0 Å². The molecule has 0 aliphatic carbocycles. The van der Waals surface area contributed by atoms with Gasteiger partial charge in [-0.2, -0.15) is 0 Å². The number of aromatic nitrogens is 1. The Morgan fingerprint density at radius 1 is 1.07 bits per heavy atom. The normalized spacial score (nSPS) is 13.4. The Bertz CT molecular complexity index is 1090. The standard InChI is InChI=1S/C22H22N4O2/c1-25(2)20-10-5-14-13-17(7-8-18(14)24-20)23-22(28)16-4-9-19-15(12-16)6-11-21(27)26(19)3/h4-5,7-10,12-13H,6,11H2,1-3H3,(H,23,28). The summed E-state index contributed by atoms with van der Waals surface area (Å²) < 4.78 is 0. The molecule has 0 fully saturated rings. The number of nitrogens with zero attached hydrogens (tertiary/aromatic N) is 3. The van der Waals surface area contributed by atoms with Gasteiger partial charge in [-0.3, -0.25) is 9.59 Å². The van der Waals surface area contributed by atoms with E-state index < -0.39 is 0 Å². The van der Waals surface area contributed by atoms with Crippen molar-refractivity contribution in [2.45, 2.75) is 12.8 Å². The van der Waals surface area contributed by atoms with Gasteiger partial charge in [-0.25, -0.2) is 4.98 Å². The Labute approximate surface area is 163 Å². The molecule has 1 aliphatic rings. The summed E-state index contributed by atoms with van der Waals surface area (Å²) in [5.41, 5.74) is 4.09. The Kier molecular flexibility index (Phi) is 4.47. The van der Waals surface area contributed by atoms with Gasteiger partial charge < -0.3 is 15.1 Å². The second kappa shape index (κ2) is 6.96. The number of aryl methyl sites for hydroxylation is 1. The van der Waals surface area contributed by atoms with Crippen LogP contribution in [0.25, 0.3) is 10.9 Å². The first-order valence-corrected chi connectivity index (χ1v) is 9.21. The van der Waals surface area contributed by atoms with Crippen LogP contribution in [0.1, 0.15) is 22.3 Å². The van der Waals surface area contributed by atoms with Crippen LogP contribution < -0.4 is 15.1 Å². The van der Waals surface area contributed by atoms with Crippen LogP contribution in [0, 0.1) is 0 Å². The summed E-state index contributed by atoms with van der Waals surface area (Å²) in [7, 11) is 5.68. The third-order valence-corrected chi connectivity index (χ3v) is 5.08. The van der Waals surface area contributed by atoms with E-state index in [9.17, 15) is 9.59 Å². The van der Waals surface area contributed by atoms with Gasteiger partial charge in [0.05, 0.1) is 5.52 Å². The summed E-state index contributed by atoms with van der Waals surface area (Å²) in [6.45, 7) is 0. The number of hydrogen-bond acceptors (Lipinski definition) is 4. The van der Waals surface area contributed by atoms with E-state index in [1.54, 1.807) is 18.0 Å². The molecule has 1 aromatic heterocycles. The van der Waals surface area contributed by atoms with Crippen molar-refractivity contribution < 1.29 is 9.59 Å². The molecule has 0 unspecified atom stereocenters. The smallest absolute Gasteiger partial charge is 0.255 e. The monoisotopic (exact) mass is 374 g/mol. The van der Waals surface area contributed by atoms with Crippen LogP contribution in [0.15, 0.2) is 48.5 Å². The van der Waals surface area contributed by atoms with Crippen LogP contribution in [-0.2, 0) is 11.2 Å². The quantitative estimate of drug-likeness (QED) is 0.762. The predicted molar refractivity (Wildman–Crippen MR) is 112 cm³/mol. The zero-order valence-electron chi connectivity index (χ0n) is 16.2. The number of pyridine rings is 1. The van der Waals surface area contributed by atoms with Gasteiger partial charge in [0.15, 0.2) is 0 Å². The largest absolute Gasteiger partial charge is 0.363 e. The number of rotatable bonds is 3. The summed E-state index contributed by atoms with van der Waals surface area (Å²) in [6.07, 6.45) is 1.14. The molecule has 0 saturated carbocycles. The zero-order valence-corrected chi connectivity index (χ0v) is 16.2. The summed E-state index contributed by atoms with van der Waals surface area (Å²) in [5, 5.41) is 3.92. The average molecular weight is 374 g/mol. The molecule has 0 radical (unpaired) electrons. The lowest BCUT2D eigenvalue weighted by Crippen LogP contribution is -2.31. The van der Waals surface area contributed by atoms with E-state index in [2.05, 4.69) is 10.3 Å². The minimum absolute atomic E-state index is 0.104. The lowest BCUT2D eigenvalue weighted by Gasteiger charge is -2.26. The molecule has 1 aliphatic heterocycles. The Hall–Kier alpha value is -3.41. The van der Waals surface area contributed by atoms with Crippen LogP contribution in [0.4, 0.5) is 17.2 Å². The van der Waals surface area contributed by atoms with Gasteiger partial charge in [0.2, 0.25) is 5.91 Å². The zero-order chi connectivity index (χ0) is 19.8. The summed E-state index contributed by atoms with van der Waals surface area (Å²) >= 11 is 0. The van der Waals surface area contributed by atoms with Gasteiger partial charge in [0, 0.05) is 49.9 Å². The summed E-state index contributed by atoms with van der Waals surface area (Å²) in [5.74, 6) is 0.827. The fourth-order valence-corrected chi connectivity index (χ4v) is 3.44. The van der Waals surface area contributed by atoms with Gasteiger partial charge in [-0.1, -0.05) is 0 Å². The first kappa shape index (κ1) is 18.0. The van der Waals surface area contributed by atoms with Crippen molar-refractivity contribution in [1.29, 1.82) is 0 Å². The number of fused-ring (bicyclic) bond motifs is 2. The summed E-state index contributed by atoms with van der Waals surface area (Å²) in [4.78, 5) is 32.7. The molecule has 0 saturated heterocycles. The number of nitrogens with one attached hydrogen (secondary N) is 1. The first-order chi connectivity index (χ1) is 13.4. The Balaban J connectivity index is 1.56. The third kappa shape index (κ3) is 3.29. The van der Waals surface area contributed by atoms with Crippen LogP contribution in [0.3, 0.4) is 0 Å². The van der Waals surface area contributed by atoms with Gasteiger partial charge in [-0.15, -0.1) is 0 Å². The van der Waals surface area contributed by atoms with E-state index in [0.29, 0.717) is 18.4 Å². The highest BCUT2D eigenvalue weighted by atomic mass is 16.2. The lowest BCUT2D eigenvalue weighted by molar-refractivity contribution is -0.118. The van der Waals surface area contributed by atoms with Crippen molar-refractivity contribution in [2.24, 2.45) is 0 Å². The van der Waals surface area contributed by atoms with Gasteiger partial charge in [0.25, 0.3) is 5.91 Å². The maximum absolute atomic E-state index is 12.7. The van der Waals surface area contributed by atoms with Crippen molar-refractivity contribution in [3.05, 3.63) is 59.7 Å². The van der Waals surface area contributed by atoms with E-state index >= 15 is 0 Å². The third-order valence-electron chi connectivity index (χ3n) is 5.08. The molecule has 6 nitrogen and oxygen atoms in total. The highest BCUT2D eigenvalue weighted by Crippen LogP contribution is 2.28. The van der Waals surface area contributed by atoms with Crippen molar-refractivity contribution in [1.82, 2.24) is 4.98 Å². The molecule has 142 valence electrons. The number of benzene rings is 2. The highest BCUT2D eigenvalue weighted by Gasteiger charge is 2.21. The molecule has 4 rings (SSSR count). The second-order valence-electron chi connectivity index (χ2n) is 7.22. The molecule has 1 N–H and O–H groups in total. The van der Waals surface area contributed by atoms with E-state index in [4.69, 9.17) is 0 Å². The molecular formula is C22H22N4O2. The van der Waals surface area contributed by atoms with Crippen LogP contribution in [0.2, 0.25) is 0 Å². The molecule has 6 heteroatoms. The first-order valence-electron chi connectivity index (χ1n) is 9.21. The predicted octanol–water partition coefficient (Wildman–Crippen LogP) is 3.46. The van der Waals surface area contributed by atoms with Gasteiger partial charge in [-0.05, 0) is 60.5 Å². The Morgan fingerprint density at radius 3 is 2.68 bits per heavy atom. The van der Waals surface area contributed by atoms with Crippen molar-refractivity contribution in [3.63, 3.8) is 0 Å². The van der Waals surface area contributed by atoms with Crippen molar-refractivity contribution >= 4 is 39.9 Å². The topological polar surface area (TPSA) is 65.5 Å². The van der Waals surface area contributed by atoms with E-state index in [0.717, 1.165) is 33.7 Å². The van der Waals surface area contributed by atoms with E-state index in [1.165, 1.54) is 0 Å². The molecular weight excluding hydrogens is 352 g/mol. The van der Waals surface area contributed by atoms with Gasteiger partial charge >= 0.3 is 0 Å². The number of anilines is 3. The SMILES string of the molecule is CN(C)c1ccc2cc(NC(=O)c3ccc4c(c3)CCC(=O)N4C)ccc2n1. The van der Waals surface area contributed by atoms with Crippen molar-refractivity contribution in [3.8, 4) is 0 Å². The number of carbonyl (C=O) groups is 2. The molecule has 0 atom stereocenters. The molecule has 28 heavy (non-hydrogen) atoms. The molecule has 2 amide bonds. The second-order valence-corrected chi connectivity index (χ2v) is 7.22. The average Bonchev–Trinajstić information content (AvgIpc) is 2.70. The number of carbonyl (C=O) groups excluding carboxylic acids is 2. The minimum Gasteiger partial charge on any atom is -0.363 e. The molecule has 0 bridgehead atoms. The lowest BCUT2D eigenvalue weighted by atomic mass is 9.99. The molecule has 3 aromatic rings. The van der Waals surface area contributed by atoms with Crippen LogP contribution in [0.5, 0.6) is 0 Å². The van der Waals surface area contributed by atoms with Crippen molar-refractivity contribution in [2.75, 3.05) is 36.3 Å².